The standard InChI is InChI=1S/C19H15N3O4/c1-9-5-3-6-11-10(2)16(26-15(9)11)19(25)20-13-8-4-7-12-14(13)18(24)22-21-17(12)23/h3-8H,1-2H3,(H,20,25)(H,21,23)(H,22,24). The number of fused-ring (bicyclic) bond motifs is 2. The van der Waals surface area contributed by atoms with E-state index in [4.69, 9.17) is 4.42 Å². The number of amides is 1. The lowest BCUT2D eigenvalue weighted by atomic mass is 10.1. The van der Waals surface area contributed by atoms with Crippen LogP contribution in [0.25, 0.3) is 21.7 Å². The summed E-state index contributed by atoms with van der Waals surface area (Å²) in [6.07, 6.45) is 0. The summed E-state index contributed by atoms with van der Waals surface area (Å²) in [5, 5.41) is 8.40. The normalized spacial score (nSPS) is 11.2. The molecule has 0 fully saturated rings. The molecule has 26 heavy (non-hydrogen) atoms. The van der Waals surface area contributed by atoms with Crippen molar-refractivity contribution in [1.29, 1.82) is 0 Å². The van der Waals surface area contributed by atoms with Gasteiger partial charge in [-0.3, -0.25) is 24.6 Å². The van der Waals surface area contributed by atoms with E-state index >= 15 is 0 Å². The van der Waals surface area contributed by atoms with Gasteiger partial charge in [0.05, 0.1) is 16.5 Å². The minimum atomic E-state index is -0.493. The van der Waals surface area contributed by atoms with Gasteiger partial charge in [-0.15, -0.1) is 0 Å². The molecule has 0 saturated carbocycles. The molecule has 3 N–H and O–H groups in total. The van der Waals surface area contributed by atoms with E-state index in [2.05, 4.69) is 15.5 Å². The second kappa shape index (κ2) is 5.73. The van der Waals surface area contributed by atoms with Gasteiger partial charge in [-0.05, 0) is 31.5 Å². The van der Waals surface area contributed by atoms with Crippen molar-refractivity contribution in [3.8, 4) is 0 Å². The number of hydrogen-bond acceptors (Lipinski definition) is 4. The van der Waals surface area contributed by atoms with E-state index in [-0.39, 0.29) is 22.2 Å². The zero-order chi connectivity index (χ0) is 18.4. The van der Waals surface area contributed by atoms with Gasteiger partial charge < -0.3 is 9.73 Å². The van der Waals surface area contributed by atoms with Crippen LogP contribution < -0.4 is 16.4 Å². The lowest BCUT2D eigenvalue weighted by Gasteiger charge is -2.06. The molecule has 0 unspecified atom stereocenters. The van der Waals surface area contributed by atoms with Crippen molar-refractivity contribution in [2.75, 3.05) is 5.32 Å². The highest BCUT2D eigenvalue weighted by molar-refractivity contribution is 6.10. The first-order valence-electron chi connectivity index (χ1n) is 8.01. The molecule has 0 aliphatic rings. The van der Waals surface area contributed by atoms with E-state index in [0.29, 0.717) is 11.1 Å². The largest absolute Gasteiger partial charge is 0.450 e. The van der Waals surface area contributed by atoms with Gasteiger partial charge in [0.15, 0.2) is 5.76 Å². The maximum absolute atomic E-state index is 12.8. The highest BCUT2D eigenvalue weighted by Gasteiger charge is 2.20. The lowest BCUT2D eigenvalue weighted by Crippen LogP contribution is -2.21. The molecule has 0 bridgehead atoms. The summed E-state index contributed by atoms with van der Waals surface area (Å²) in [4.78, 5) is 36.8. The van der Waals surface area contributed by atoms with Crippen LogP contribution in [0.5, 0.6) is 0 Å². The SMILES string of the molecule is Cc1c(C(=O)Nc2cccc3c(=O)[nH][nH]c(=O)c23)oc2c(C)cccc12. The van der Waals surface area contributed by atoms with Gasteiger partial charge in [-0.25, -0.2) is 0 Å². The molecule has 7 heteroatoms. The van der Waals surface area contributed by atoms with Gasteiger partial charge in [0.25, 0.3) is 17.0 Å². The monoisotopic (exact) mass is 349 g/mol. The Morgan fingerprint density at radius 1 is 0.962 bits per heavy atom. The number of nitrogens with one attached hydrogen (secondary N) is 3. The zero-order valence-corrected chi connectivity index (χ0v) is 14.1. The first kappa shape index (κ1) is 15.9. The van der Waals surface area contributed by atoms with E-state index in [1.807, 2.05) is 25.1 Å². The van der Waals surface area contributed by atoms with Crippen LogP contribution in [0.15, 0.2) is 50.4 Å². The molecule has 0 saturated heterocycles. The molecule has 130 valence electrons. The first-order chi connectivity index (χ1) is 12.5. The van der Waals surface area contributed by atoms with Crippen LogP contribution in [-0.4, -0.2) is 16.1 Å². The van der Waals surface area contributed by atoms with Crippen molar-refractivity contribution in [2.24, 2.45) is 0 Å². The molecular weight excluding hydrogens is 334 g/mol. The summed E-state index contributed by atoms with van der Waals surface area (Å²) >= 11 is 0. The average molecular weight is 349 g/mol. The molecule has 2 aromatic carbocycles. The van der Waals surface area contributed by atoms with Gasteiger partial charge >= 0.3 is 0 Å². The van der Waals surface area contributed by atoms with E-state index in [9.17, 15) is 14.4 Å². The molecule has 4 aromatic rings. The van der Waals surface area contributed by atoms with E-state index in [1.165, 1.54) is 6.07 Å². The molecular formula is C19H15N3O4. The molecule has 2 aromatic heterocycles. The summed E-state index contributed by atoms with van der Waals surface area (Å²) in [6, 6.07) is 10.4. The van der Waals surface area contributed by atoms with E-state index in [0.717, 1.165) is 10.9 Å². The Morgan fingerprint density at radius 2 is 1.65 bits per heavy atom. The van der Waals surface area contributed by atoms with E-state index in [1.54, 1.807) is 19.1 Å². The number of hydrogen-bond donors (Lipinski definition) is 3. The highest BCUT2D eigenvalue weighted by atomic mass is 16.3. The van der Waals surface area contributed by atoms with Crippen molar-refractivity contribution in [1.82, 2.24) is 10.2 Å². The minimum absolute atomic E-state index is 0.120. The number of benzene rings is 2. The van der Waals surface area contributed by atoms with Gasteiger partial charge in [-0.1, -0.05) is 24.3 Å². The topological polar surface area (TPSA) is 108 Å². The molecule has 4 rings (SSSR count). The lowest BCUT2D eigenvalue weighted by molar-refractivity contribution is 0.0998. The number of carbonyl (C=O) groups is 1. The van der Waals surface area contributed by atoms with Crippen molar-refractivity contribution in [3.63, 3.8) is 0 Å². The first-order valence-corrected chi connectivity index (χ1v) is 8.01. The van der Waals surface area contributed by atoms with Gasteiger partial charge in [0.1, 0.15) is 5.58 Å². The molecule has 7 nitrogen and oxygen atoms in total. The molecule has 0 aliphatic heterocycles. The summed E-state index contributed by atoms with van der Waals surface area (Å²) in [6.45, 7) is 3.71. The Morgan fingerprint density at radius 3 is 2.42 bits per heavy atom. The molecule has 2 heterocycles. The minimum Gasteiger partial charge on any atom is -0.450 e. The average Bonchev–Trinajstić information content (AvgIpc) is 2.97. The smallest absolute Gasteiger partial charge is 0.291 e. The molecule has 0 spiro atoms. The van der Waals surface area contributed by atoms with Crippen LogP contribution in [0.4, 0.5) is 5.69 Å². The summed E-state index contributed by atoms with van der Waals surface area (Å²) < 4.78 is 5.76. The molecule has 1 amide bonds. The Bertz CT molecular complexity index is 1290. The Labute approximate surface area is 146 Å². The Balaban J connectivity index is 1.83. The third kappa shape index (κ3) is 2.33. The maximum Gasteiger partial charge on any atom is 0.291 e. The predicted octanol–water partition coefficient (Wildman–Crippen LogP) is 2.83. The second-order valence-corrected chi connectivity index (χ2v) is 6.10. The van der Waals surface area contributed by atoms with Crippen LogP contribution in [0, 0.1) is 13.8 Å². The fourth-order valence-electron chi connectivity index (χ4n) is 3.11. The fraction of sp³-hybridized carbons (Fsp3) is 0.105. The number of para-hydroxylation sites is 1. The van der Waals surface area contributed by atoms with Crippen LogP contribution >= 0.6 is 0 Å². The molecule has 0 radical (unpaired) electrons. The van der Waals surface area contributed by atoms with Crippen molar-refractivity contribution >= 4 is 33.3 Å². The molecule has 0 aliphatic carbocycles. The summed E-state index contributed by atoms with van der Waals surface area (Å²) in [7, 11) is 0. The quantitative estimate of drug-likeness (QED) is 0.517. The number of carbonyl (C=O) groups excluding carboxylic acids is 1. The van der Waals surface area contributed by atoms with Crippen LogP contribution in [0.2, 0.25) is 0 Å². The number of H-pyrrole nitrogens is 2. The Hall–Kier alpha value is -3.61. The number of anilines is 1. The zero-order valence-electron chi connectivity index (χ0n) is 14.1. The van der Waals surface area contributed by atoms with Crippen LogP contribution in [-0.2, 0) is 0 Å². The predicted molar refractivity (Wildman–Crippen MR) is 98.8 cm³/mol. The van der Waals surface area contributed by atoms with Crippen molar-refractivity contribution in [2.45, 2.75) is 13.8 Å². The number of aromatic amines is 2. The number of rotatable bonds is 2. The third-order valence-electron chi connectivity index (χ3n) is 4.44. The maximum atomic E-state index is 12.8. The second-order valence-electron chi connectivity index (χ2n) is 6.10. The number of furan rings is 1. The summed E-state index contributed by atoms with van der Waals surface area (Å²) in [5.74, 6) is -0.308. The van der Waals surface area contributed by atoms with E-state index < -0.39 is 17.0 Å². The van der Waals surface area contributed by atoms with Gasteiger partial charge in [-0.2, -0.15) is 0 Å². The van der Waals surface area contributed by atoms with Gasteiger partial charge in [0, 0.05) is 10.9 Å². The van der Waals surface area contributed by atoms with Crippen LogP contribution in [0.3, 0.4) is 0 Å². The van der Waals surface area contributed by atoms with Crippen molar-refractivity contribution in [3.05, 3.63) is 74.0 Å². The summed E-state index contributed by atoms with van der Waals surface area (Å²) in [5.41, 5.74) is 1.61. The van der Waals surface area contributed by atoms with Crippen LogP contribution in [0.1, 0.15) is 21.7 Å². The fourth-order valence-corrected chi connectivity index (χ4v) is 3.11. The third-order valence-corrected chi connectivity index (χ3v) is 4.44. The number of aryl methyl sites for hydroxylation is 2. The van der Waals surface area contributed by atoms with Gasteiger partial charge in [0.2, 0.25) is 0 Å². The molecule has 0 atom stereocenters. The number of aromatic nitrogens is 2. The Kier molecular flexibility index (Phi) is 3.50. The van der Waals surface area contributed by atoms with Crippen molar-refractivity contribution < 1.29 is 9.21 Å². The highest BCUT2D eigenvalue weighted by Crippen LogP contribution is 2.28.